The van der Waals surface area contributed by atoms with Crippen LogP contribution in [-0.4, -0.2) is 26.4 Å². The van der Waals surface area contributed by atoms with Gasteiger partial charge in [-0.25, -0.2) is 0 Å². The van der Waals surface area contributed by atoms with Crippen molar-refractivity contribution in [3.05, 3.63) is 22.7 Å². The SMILES string of the molecule is Clc1cc2c(cc1C1OCCO1)OCCO2. The summed E-state index contributed by atoms with van der Waals surface area (Å²) in [6.45, 7) is 2.30. The molecule has 0 amide bonds. The van der Waals surface area contributed by atoms with Gasteiger partial charge in [-0.05, 0) is 6.07 Å². The largest absolute Gasteiger partial charge is 0.486 e. The first-order valence-electron chi connectivity index (χ1n) is 5.17. The monoisotopic (exact) mass is 242 g/mol. The van der Waals surface area contributed by atoms with Crippen LogP contribution in [-0.2, 0) is 9.47 Å². The van der Waals surface area contributed by atoms with Gasteiger partial charge in [-0.15, -0.1) is 0 Å². The predicted octanol–water partition coefficient (Wildman–Crippen LogP) is 2.16. The van der Waals surface area contributed by atoms with Crippen molar-refractivity contribution in [2.45, 2.75) is 6.29 Å². The first-order chi connectivity index (χ1) is 7.84. The maximum Gasteiger partial charge on any atom is 0.185 e. The summed E-state index contributed by atoms with van der Waals surface area (Å²) in [5, 5.41) is 0.580. The molecule has 16 heavy (non-hydrogen) atoms. The highest BCUT2D eigenvalue weighted by Gasteiger charge is 2.24. The lowest BCUT2D eigenvalue weighted by atomic mass is 10.2. The minimum absolute atomic E-state index is 0.386. The Kier molecular flexibility index (Phi) is 2.63. The molecule has 2 aliphatic heterocycles. The van der Waals surface area contributed by atoms with E-state index in [-0.39, 0.29) is 6.29 Å². The molecule has 0 N–H and O–H groups in total. The van der Waals surface area contributed by atoms with Gasteiger partial charge in [0.2, 0.25) is 0 Å². The zero-order valence-electron chi connectivity index (χ0n) is 8.57. The number of hydrogen-bond donors (Lipinski definition) is 0. The van der Waals surface area contributed by atoms with Crippen LogP contribution in [0.4, 0.5) is 0 Å². The number of halogens is 1. The van der Waals surface area contributed by atoms with Crippen LogP contribution in [0.5, 0.6) is 11.5 Å². The Morgan fingerprint density at radius 1 is 0.938 bits per heavy atom. The number of benzene rings is 1. The van der Waals surface area contributed by atoms with Crippen LogP contribution >= 0.6 is 11.6 Å². The second kappa shape index (κ2) is 4.13. The van der Waals surface area contributed by atoms with Gasteiger partial charge in [0.15, 0.2) is 17.8 Å². The number of fused-ring (bicyclic) bond motifs is 1. The van der Waals surface area contributed by atoms with Crippen molar-refractivity contribution < 1.29 is 18.9 Å². The van der Waals surface area contributed by atoms with Crippen molar-refractivity contribution in [1.82, 2.24) is 0 Å². The van der Waals surface area contributed by atoms with Crippen LogP contribution in [0.2, 0.25) is 5.02 Å². The van der Waals surface area contributed by atoms with Crippen molar-refractivity contribution in [2.24, 2.45) is 0 Å². The first-order valence-corrected chi connectivity index (χ1v) is 5.54. The van der Waals surface area contributed by atoms with Crippen LogP contribution in [0.1, 0.15) is 11.9 Å². The second-order valence-corrected chi connectivity index (χ2v) is 4.00. The zero-order chi connectivity index (χ0) is 11.0. The van der Waals surface area contributed by atoms with Crippen LogP contribution in [0.25, 0.3) is 0 Å². The van der Waals surface area contributed by atoms with Gasteiger partial charge < -0.3 is 18.9 Å². The van der Waals surface area contributed by atoms with Gasteiger partial charge in [0.05, 0.1) is 18.2 Å². The van der Waals surface area contributed by atoms with Crippen molar-refractivity contribution in [3.8, 4) is 11.5 Å². The lowest BCUT2D eigenvalue weighted by Crippen LogP contribution is -2.16. The molecule has 0 atom stereocenters. The second-order valence-electron chi connectivity index (χ2n) is 3.59. The quantitative estimate of drug-likeness (QED) is 0.756. The van der Waals surface area contributed by atoms with E-state index in [1.54, 1.807) is 6.07 Å². The van der Waals surface area contributed by atoms with Crippen LogP contribution < -0.4 is 9.47 Å². The van der Waals surface area contributed by atoms with Gasteiger partial charge in [0.1, 0.15) is 13.2 Å². The summed E-state index contributed by atoms with van der Waals surface area (Å²) in [5.41, 5.74) is 0.795. The average molecular weight is 243 g/mol. The summed E-state index contributed by atoms with van der Waals surface area (Å²) in [5.74, 6) is 1.38. The Labute approximate surface area is 98.0 Å². The third-order valence-electron chi connectivity index (χ3n) is 2.54. The van der Waals surface area contributed by atoms with E-state index in [0.29, 0.717) is 42.9 Å². The summed E-state index contributed by atoms with van der Waals surface area (Å²) in [4.78, 5) is 0. The fraction of sp³-hybridized carbons (Fsp3) is 0.455. The molecular formula is C11H11ClO4. The van der Waals surface area contributed by atoms with E-state index in [0.717, 1.165) is 5.56 Å². The summed E-state index contributed by atoms with van der Waals surface area (Å²) >= 11 is 6.15. The fourth-order valence-corrected chi connectivity index (χ4v) is 2.04. The van der Waals surface area contributed by atoms with E-state index >= 15 is 0 Å². The minimum Gasteiger partial charge on any atom is -0.486 e. The molecule has 0 bridgehead atoms. The zero-order valence-corrected chi connectivity index (χ0v) is 9.33. The van der Waals surface area contributed by atoms with Crippen molar-refractivity contribution in [1.29, 1.82) is 0 Å². The van der Waals surface area contributed by atoms with Gasteiger partial charge in [-0.3, -0.25) is 0 Å². The molecule has 3 rings (SSSR count). The molecule has 1 saturated heterocycles. The first kappa shape index (κ1) is 10.2. The third-order valence-corrected chi connectivity index (χ3v) is 2.86. The topological polar surface area (TPSA) is 36.9 Å². The summed E-state index contributed by atoms with van der Waals surface area (Å²) in [7, 11) is 0. The standard InChI is InChI=1S/C11H11ClO4/c12-8-6-10-9(13-1-2-14-10)5-7(8)11-15-3-4-16-11/h5-6,11H,1-4H2. The van der Waals surface area contributed by atoms with Gasteiger partial charge in [-0.1, -0.05) is 11.6 Å². The third kappa shape index (κ3) is 1.73. The molecule has 0 radical (unpaired) electrons. The molecule has 0 aliphatic carbocycles. The van der Waals surface area contributed by atoms with Crippen LogP contribution in [0.15, 0.2) is 12.1 Å². The molecule has 1 aromatic rings. The van der Waals surface area contributed by atoms with E-state index in [9.17, 15) is 0 Å². The van der Waals surface area contributed by atoms with Crippen LogP contribution in [0, 0.1) is 0 Å². The lowest BCUT2D eigenvalue weighted by Gasteiger charge is -2.21. The Balaban J connectivity index is 1.98. The molecule has 0 aromatic heterocycles. The highest BCUT2D eigenvalue weighted by atomic mass is 35.5. The molecule has 4 nitrogen and oxygen atoms in total. The predicted molar refractivity (Wildman–Crippen MR) is 57.1 cm³/mol. The Morgan fingerprint density at radius 3 is 2.25 bits per heavy atom. The highest BCUT2D eigenvalue weighted by Crippen LogP contribution is 2.39. The van der Waals surface area contributed by atoms with Crippen LogP contribution in [0.3, 0.4) is 0 Å². The van der Waals surface area contributed by atoms with Gasteiger partial charge in [0.25, 0.3) is 0 Å². The van der Waals surface area contributed by atoms with E-state index in [1.807, 2.05) is 6.07 Å². The number of rotatable bonds is 1. The molecule has 86 valence electrons. The normalized spacial score (nSPS) is 20.1. The molecular weight excluding hydrogens is 232 g/mol. The molecule has 2 heterocycles. The Morgan fingerprint density at radius 2 is 1.56 bits per heavy atom. The molecule has 2 aliphatic rings. The summed E-state index contributed by atoms with van der Waals surface area (Å²) in [6, 6.07) is 3.57. The Hall–Kier alpha value is -0.970. The lowest BCUT2D eigenvalue weighted by molar-refractivity contribution is -0.0442. The Bertz CT molecular complexity index is 401. The fourth-order valence-electron chi connectivity index (χ4n) is 1.80. The van der Waals surface area contributed by atoms with Crippen molar-refractivity contribution >= 4 is 11.6 Å². The smallest absolute Gasteiger partial charge is 0.185 e. The van der Waals surface area contributed by atoms with E-state index < -0.39 is 0 Å². The van der Waals surface area contributed by atoms with E-state index in [1.165, 1.54) is 0 Å². The minimum atomic E-state index is -0.386. The highest BCUT2D eigenvalue weighted by molar-refractivity contribution is 6.31. The summed E-state index contributed by atoms with van der Waals surface area (Å²) < 4.78 is 21.7. The van der Waals surface area contributed by atoms with E-state index in [2.05, 4.69) is 0 Å². The van der Waals surface area contributed by atoms with Gasteiger partial charge in [0, 0.05) is 11.6 Å². The van der Waals surface area contributed by atoms with Crippen molar-refractivity contribution in [2.75, 3.05) is 26.4 Å². The number of ether oxygens (including phenoxy) is 4. The molecule has 1 fully saturated rings. The maximum atomic E-state index is 6.15. The molecule has 0 saturated carbocycles. The van der Waals surface area contributed by atoms with E-state index in [4.69, 9.17) is 30.5 Å². The summed E-state index contributed by atoms with van der Waals surface area (Å²) in [6.07, 6.45) is -0.386. The van der Waals surface area contributed by atoms with Gasteiger partial charge in [-0.2, -0.15) is 0 Å². The van der Waals surface area contributed by atoms with Crippen molar-refractivity contribution in [3.63, 3.8) is 0 Å². The average Bonchev–Trinajstić information content (AvgIpc) is 2.81. The molecule has 5 heteroatoms. The molecule has 0 unspecified atom stereocenters. The number of hydrogen-bond acceptors (Lipinski definition) is 4. The van der Waals surface area contributed by atoms with Gasteiger partial charge >= 0.3 is 0 Å². The molecule has 1 aromatic carbocycles. The molecule has 0 spiro atoms. The maximum absolute atomic E-state index is 6.15.